The summed E-state index contributed by atoms with van der Waals surface area (Å²) < 4.78 is -0.106. The zero-order chi connectivity index (χ0) is 14.3. The van der Waals surface area contributed by atoms with E-state index in [1.807, 2.05) is 0 Å². The van der Waals surface area contributed by atoms with Gasteiger partial charge >= 0.3 is 0 Å². The highest BCUT2D eigenvalue weighted by Gasteiger charge is 2.06. The Labute approximate surface area is 150 Å². The van der Waals surface area contributed by atoms with Gasteiger partial charge in [-0.3, -0.25) is 0 Å². The van der Waals surface area contributed by atoms with E-state index in [1.165, 1.54) is 9.80 Å². The van der Waals surface area contributed by atoms with Crippen LogP contribution >= 0.6 is 24.4 Å². The molecular weight excluding hydrogens is 372 g/mol. The van der Waals surface area contributed by atoms with Crippen molar-refractivity contribution in [2.45, 2.75) is 0 Å². The highest BCUT2D eigenvalue weighted by atomic mass is 32.1. The van der Waals surface area contributed by atoms with Crippen LogP contribution in [0.25, 0.3) is 0 Å². The fraction of sp³-hybridized carbons (Fsp3) is 0.500. The number of hydrogen-bond acceptors (Lipinski definition) is 8. The van der Waals surface area contributed by atoms with Crippen molar-refractivity contribution in [1.29, 1.82) is 0 Å². The first-order valence-corrected chi connectivity index (χ1v) is 6.19. The fourth-order valence-electron chi connectivity index (χ4n) is 1.02. The van der Waals surface area contributed by atoms with Crippen LogP contribution in [-0.4, -0.2) is 56.6 Å². The third-order valence-electron chi connectivity index (χ3n) is 1.80. The van der Waals surface area contributed by atoms with E-state index in [2.05, 4.69) is 49.7 Å². The van der Waals surface area contributed by atoms with Crippen LogP contribution in [-0.2, 0) is 34.8 Å². The number of carbonyl (C=O) groups is 2. The number of hydrogen-bond donors (Lipinski definition) is 4. The first kappa shape index (κ1) is 32.8. The summed E-state index contributed by atoms with van der Waals surface area (Å²) in [6.45, 7) is -0.766. The molecule has 22 heavy (non-hydrogen) atoms. The summed E-state index contributed by atoms with van der Waals surface area (Å²) in [6, 6.07) is 0. The normalized spacial score (nSPS) is 7.82. The minimum absolute atomic E-state index is 0. The topological polar surface area (TPSA) is 233 Å². The first-order chi connectivity index (χ1) is 8.23. The lowest BCUT2D eigenvalue weighted by molar-refractivity contribution is -0.307. The lowest BCUT2D eigenvalue weighted by atomic mass is 10.4. The fourth-order valence-corrected chi connectivity index (χ4v) is 1.65. The molecule has 0 saturated heterocycles. The van der Waals surface area contributed by atoms with E-state index in [0.717, 1.165) is 0 Å². The van der Waals surface area contributed by atoms with Gasteiger partial charge in [0.1, 0.15) is 0 Å². The Balaban J connectivity index is -0.000000241. The molecule has 0 atom stereocenters. The number of aliphatic carboxylic acids is 2. The highest BCUT2D eigenvalue weighted by Crippen LogP contribution is 1.96. The van der Waals surface area contributed by atoms with Gasteiger partial charge in [0.2, 0.25) is 0 Å². The molecule has 16 N–H and O–H groups in total. The molecule has 0 aromatic heterocycles. The summed E-state index contributed by atoms with van der Waals surface area (Å²) in [5.74, 6) is -2.68. The number of rotatable bonds is 7. The Kier molecular flexibility index (Phi) is 24.4. The molecule has 14 heteroatoms. The SMILES string of the molecule is O=C([O-])CN(CCN(CC(=O)[O-])C(=S)[S-])C(=S)[S-].[NH4+].[NH4+].[NH4+].[NH4+]. The molecule has 134 valence electrons. The summed E-state index contributed by atoms with van der Waals surface area (Å²) in [4.78, 5) is 23.2. The van der Waals surface area contributed by atoms with Crippen LogP contribution in [0.4, 0.5) is 0 Å². The Morgan fingerprint density at radius 2 is 1.00 bits per heavy atom. The van der Waals surface area contributed by atoms with Crippen molar-refractivity contribution in [3.05, 3.63) is 0 Å². The Morgan fingerprint density at radius 1 is 0.773 bits per heavy atom. The van der Waals surface area contributed by atoms with E-state index in [1.54, 1.807) is 0 Å². The summed E-state index contributed by atoms with van der Waals surface area (Å²) in [6.07, 6.45) is 0. The van der Waals surface area contributed by atoms with Gasteiger partial charge in [-0.15, -0.1) is 0 Å². The smallest absolute Gasteiger partial charge is 0.0607 e. The van der Waals surface area contributed by atoms with Crippen LogP contribution < -0.4 is 34.8 Å². The summed E-state index contributed by atoms with van der Waals surface area (Å²) in [5, 5.41) is 20.9. The zero-order valence-corrected chi connectivity index (χ0v) is 16.3. The molecule has 0 unspecified atom stereocenters. The van der Waals surface area contributed by atoms with Gasteiger partial charge in [0, 0.05) is 13.1 Å². The van der Waals surface area contributed by atoms with Gasteiger partial charge < -0.3 is 104 Å². The van der Waals surface area contributed by atoms with E-state index >= 15 is 0 Å². The monoisotopic (exact) mass is 396 g/mol. The average molecular weight is 397 g/mol. The number of nitrogens with zero attached hydrogens (tertiary/aromatic N) is 2. The molecule has 10 nitrogen and oxygen atoms in total. The summed E-state index contributed by atoms with van der Waals surface area (Å²) >= 11 is 18.7. The first-order valence-electron chi connectivity index (χ1n) is 4.55. The molecule has 0 aromatic carbocycles. The van der Waals surface area contributed by atoms with Gasteiger partial charge in [0.15, 0.2) is 0 Å². The van der Waals surface area contributed by atoms with E-state index < -0.39 is 25.0 Å². The van der Waals surface area contributed by atoms with E-state index in [0.29, 0.717) is 0 Å². The standard InChI is InChI=1S/C8H12N2O4S4.4H3N/c11-5(12)3-9(7(15)16)1-2-10(8(17)18)4-6(13)14;;;;/h1-4H2,(H,11,12)(H,13,14)(H,15,16)(H,17,18);4*1H3. The summed E-state index contributed by atoms with van der Waals surface area (Å²) in [7, 11) is 0. The van der Waals surface area contributed by atoms with Gasteiger partial charge in [0.25, 0.3) is 0 Å². The maximum Gasteiger partial charge on any atom is 0.0607 e. The zero-order valence-electron chi connectivity index (χ0n) is 13.0. The van der Waals surface area contributed by atoms with Crippen molar-refractivity contribution in [2.75, 3.05) is 26.2 Å². The number of carboxylic acid groups (broad SMARTS) is 2. The molecule has 0 rings (SSSR count). The molecule has 0 aliphatic carbocycles. The third kappa shape index (κ3) is 15.4. The van der Waals surface area contributed by atoms with Crippen LogP contribution in [0.5, 0.6) is 0 Å². The Bertz CT molecular complexity index is 339. The van der Waals surface area contributed by atoms with E-state index in [4.69, 9.17) is 0 Å². The van der Waals surface area contributed by atoms with Gasteiger partial charge in [-0.2, -0.15) is 0 Å². The molecule has 0 aliphatic rings. The van der Waals surface area contributed by atoms with E-state index in [9.17, 15) is 19.8 Å². The maximum atomic E-state index is 10.4. The number of carbonyl (C=O) groups excluding carboxylic acids is 2. The van der Waals surface area contributed by atoms with Crippen LogP contribution in [0.15, 0.2) is 0 Å². The summed E-state index contributed by atoms with van der Waals surface area (Å²) in [5.41, 5.74) is 0. The lowest BCUT2D eigenvalue weighted by Gasteiger charge is -2.34. The number of quaternary nitrogens is 4. The maximum absolute atomic E-state index is 10.4. The van der Waals surface area contributed by atoms with Crippen molar-refractivity contribution in [2.24, 2.45) is 0 Å². The van der Waals surface area contributed by atoms with Crippen molar-refractivity contribution < 1.29 is 19.8 Å². The second-order valence-electron chi connectivity index (χ2n) is 3.12. The molecule has 0 aromatic rings. The molecular formula is C8H24N6O4S4. The van der Waals surface area contributed by atoms with Crippen LogP contribution in [0.2, 0.25) is 0 Å². The minimum Gasteiger partial charge on any atom is -0.548 e. The molecule has 0 amide bonds. The molecule has 0 fully saturated rings. The predicted molar refractivity (Wildman–Crippen MR) is 97.0 cm³/mol. The Hall–Kier alpha value is -1.00. The van der Waals surface area contributed by atoms with Crippen molar-refractivity contribution in [3.8, 4) is 0 Å². The van der Waals surface area contributed by atoms with Crippen molar-refractivity contribution >= 4 is 70.3 Å². The molecule has 0 heterocycles. The third-order valence-corrected chi connectivity index (χ3v) is 2.83. The van der Waals surface area contributed by atoms with Gasteiger partial charge in [0.05, 0.1) is 25.0 Å². The molecule has 0 spiro atoms. The van der Waals surface area contributed by atoms with Crippen molar-refractivity contribution in [3.63, 3.8) is 0 Å². The molecule has 0 saturated carbocycles. The quantitative estimate of drug-likeness (QED) is 0.280. The largest absolute Gasteiger partial charge is 0.548 e. The van der Waals surface area contributed by atoms with Crippen LogP contribution in [0, 0.1) is 0 Å². The van der Waals surface area contributed by atoms with Gasteiger partial charge in [-0.1, -0.05) is 8.64 Å². The lowest BCUT2D eigenvalue weighted by Crippen LogP contribution is -2.47. The predicted octanol–water partition coefficient (Wildman–Crippen LogP) is -1.74. The van der Waals surface area contributed by atoms with E-state index in [-0.39, 0.29) is 46.3 Å². The van der Waals surface area contributed by atoms with Crippen LogP contribution in [0.1, 0.15) is 0 Å². The number of carboxylic acids is 2. The second kappa shape index (κ2) is 16.4. The van der Waals surface area contributed by atoms with Gasteiger partial charge in [-0.25, -0.2) is 0 Å². The number of thiocarbonyl (C=S) groups is 2. The van der Waals surface area contributed by atoms with Crippen LogP contribution in [0.3, 0.4) is 0 Å². The average Bonchev–Trinajstić information content (AvgIpc) is 2.20. The molecule has 0 radical (unpaired) electrons. The second-order valence-corrected chi connectivity index (χ2v) is 5.18. The highest BCUT2D eigenvalue weighted by molar-refractivity contribution is 8.00. The molecule has 0 bridgehead atoms. The Morgan fingerprint density at radius 3 is 1.14 bits per heavy atom. The minimum atomic E-state index is -1.34. The van der Waals surface area contributed by atoms with Gasteiger partial charge in [-0.05, 0) is 0 Å². The molecule has 0 aliphatic heterocycles. The van der Waals surface area contributed by atoms with Crippen molar-refractivity contribution in [1.82, 2.24) is 34.4 Å².